The number of halogens is 3. The maximum Gasteiger partial charge on any atom is 0.433 e. The minimum Gasteiger partial charge on any atom is -0.348 e. The fourth-order valence-corrected chi connectivity index (χ4v) is 2.54. The third kappa shape index (κ3) is 3.47. The first kappa shape index (κ1) is 16.2. The van der Waals surface area contributed by atoms with E-state index < -0.39 is 11.9 Å². The number of benzene rings is 1. The minimum atomic E-state index is -4.51. The molecular weight excluding hydrogens is 321 g/mol. The van der Waals surface area contributed by atoms with Crippen molar-refractivity contribution in [2.24, 2.45) is 0 Å². The fraction of sp³-hybridized carbons (Fsp3) is 0.312. The molecule has 0 saturated carbocycles. The Bertz CT molecular complexity index is 776. The molecule has 126 valence electrons. The number of nitrogens with zero attached hydrogens (tertiary/aromatic N) is 2. The van der Waals surface area contributed by atoms with Crippen molar-refractivity contribution in [3.63, 3.8) is 0 Å². The topological polar surface area (TPSA) is 66.9 Å². The number of carbonyl (C=O) groups excluding carboxylic acids is 1. The lowest BCUT2D eigenvalue weighted by Crippen LogP contribution is -2.19. The summed E-state index contributed by atoms with van der Waals surface area (Å²) in [6, 6.07) is 6.09. The maximum absolute atomic E-state index is 12.7. The van der Waals surface area contributed by atoms with Gasteiger partial charge in [-0.1, -0.05) is 12.1 Å². The summed E-state index contributed by atoms with van der Waals surface area (Å²) in [4.78, 5) is 18.7. The van der Waals surface area contributed by atoms with E-state index in [1.807, 2.05) is 19.1 Å². The molecule has 24 heavy (non-hydrogen) atoms. The van der Waals surface area contributed by atoms with Gasteiger partial charge in [0.1, 0.15) is 5.69 Å². The lowest BCUT2D eigenvalue weighted by atomic mass is 9.98. The zero-order valence-corrected chi connectivity index (χ0v) is 12.8. The molecule has 0 spiro atoms. The van der Waals surface area contributed by atoms with Crippen LogP contribution < -0.4 is 10.6 Å². The van der Waals surface area contributed by atoms with Gasteiger partial charge < -0.3 is 10.6 Å². The number of nitrogens with one attached hydrogen (secondary N) is 2. The second-order valence-corrected chi connectivity index (χ2v) is 5.59. The molecule has 1 amide bonds. The van der Waals surface area contributed by atoms with E-state index in [1.165, 1.54) is 0 Å². The van der Waals surface area contributed by atoms with Gasteiger partial charge in [-0.25, -0.2) is 9.97 Å². The van der Waals surface area contributed by atoms with Gasteiger partial charge >= 0.3 is 6.18 Å². The summed E-state index contributed by atoms with van der Waals surface area (Å²) in [5.41, 5.74) is 1.68. The van der Waals surface area contributed by atoms with Gasteiger partial charge in [0.15, 0.2) is 0 Å². The van der Waals surface area contributed by atoms with E-state index in [0.717, 1.165) is 29.1 Å². The average Bonchev–Trinajstić information content (AvgIpc) is 2.53. The highest BCUT2D eigenvalue weighted by atomic mass is 19.4. The molecule has 1 unspecified atom stereocenters. The first-order valence-electron chi connectivity index (χ1n) is 7.42. The van der Waals surface area contributed by atoms with Crippen LogP contribution in [-0.4, -0.2) is 15.9 Å². The number of aryl methyl sites for hydroxylation is 1. The van der Waals surface area contributed by atoms with Gasteiger partial charge in [-0.3, -0.25) is 4.79 Å². The van der Waals surface area contributed by atoms with Crippen molar-refractivity contribution in [3.8, 4) is 0 Å². The van der Waals surface area contributed by atoms with Crippen LogP contribution in [0, 0.1) is 0 Å². The van der Waals surface area contributed by atoms with E-state index in [0.29, 0.717) is 12.8 Å². The number of carbonyl (C=O) groups is 1. The van der Waals surface area contributed by atoms with Crippen LogP contribution >= 0.6 is 0 Å². The molecule has 1 aliphatic heterocycles. The number of aromatic nitrogens is 2. The predicted octanol–water partition coefficient (Wildman–Crippen LogP) is 3.55. The summed E-state index contributed by atoms with van der Waals surface area (Å²) in [5.74, 6) is -0.0952. The quantitative estimate of drug-likeness (QED) is 0.899. The number of hydrogen-bond acceptors (Lipinski definition) is 4. The molecule has 8 heteroatoms. The molecular formula is C16H15F3N4O. The van der Waals surface area contributed by atoms with Crippen molar-refractivity contribution >= 4 is 17.5 Å². The normalized spacial score (nSPS) is 15.4. The second kappa shape index (κ2) is 6.10. The van der Waals surface area contributed by atoms with Gasteiger partial charge in [0.25, 0.3) is 0 Å². The van der Waals surface area contributed by atoms with E-state index in [-0.39, 0.29) is 17.9 Å². The molecule has 2 heterocycles. The number of fused-ring (bicyclic) bond motifs is 1. The molecule has 0 bridgehead atoms. The molecule has 1 aromatic heterocycles. The molecule has 5 nitrogen and oxygen atoms in total. The second-order valence-electron chi connectivity index (χ2n) is 5.59. The van der Waals surface area contributed by atoms with Crippen molar-refractivity contribution in [1.29, 1.82) is 0 Å². The Kier molecular flexibility index (Phi) is 4.13. The number of anilines is 2. The highest BCUT2D eigenvalue weighted by molar-refractivity contribution is 5.93. The lowest BCUT2D eigenvalue weighted by Gasteiger charge is -2.20. The predicted molar refractivity (Wildman–Crippen MR) is 82.5 cm³/mol. The minimum absolute atomic E-state index is 0.0150. The molecule has 0 aliphatic carbocycles. The SMILES string of the molecule is CC(Nc1nccc(C(F)(F)F)n1)c1ccc2c(c1)CCC(=O)N2. The molecule has 0 fully saturated rings. The van der Waals surface area contributed by atoms with Gasteiger partial charge in [-0.2, -0.15) is 13.2 Å². The molecule has 0 saturated heterocycles. The molecule has 0 radical (unpaired) electrons. The molecule has 1 aliphatic rings. The monoisotopic (exact) mass is 336 g/mol. The Hall–Kier alpha value is -2.64. The van der Waals surface area contributed by atoms with Crippen LogP contribution in [0.25, 0.3) is 0 Å². The highest BCUT2D eigenvalue weighted by Gasteiger charge is 2.32. The maximum atomic E-state index is 12.7. The molecule has 1 aromatic carbocycles. The van der Waals surface area contributed by atoms with Crippen molar-refractivity contribution in [2.45, 2.75) is 32.0 Å². The Morgan fingerprint density at radius 1 is 1.25 bits per heavy atom. The van der Waals surface area contributed by atoms with Crippen LogP contribution in [-0.2, 0) is 17.4 Å². The van der Waals surface area contributed by atoms with Gasteiger partial charge in [0.2, 0.25) is 11.9 Å². The van der Waals surface area contributed by atoms with Gasteiger partial charge in [0, 0.05) is 18.3 Å². The Morgan fingerprint density at radius 3 is 2.79 bits per heavy atom. The first-order valence-corrected chi connectivity index (χ1v) is 7.42. The number of hydrogen-bond donors (Lipinski definition) is 2. The van der Waals surface area contributed by atoms with Crippen molar-refractivity contribution in [3.05, 3.63) is 47.3 Å². The Morgan fingerprint density at radius 2 is 2.04 bits per heavy atom. The van der Waals surface area contributed by atoms with E-state index in [1.54, 1.807) is 6.07 Å². The largest absolute Gasteiger partial charge is 0.433 e. The zero-order chi connectivity index (χ0) is 17.3. The highest BCUT2D eigenvalue weighted by Crippen LogP contribution is 2.29. The summed E-state index contributed by atoms with van der Waals surface area (Å²) >= 11 is 0. The Balaban J connectivity index is 1.78. The van der Waals surface area contributed by atoms with Crippen LogP contribution in [0.5, 0.6) is 0 Å². The summed E-state index contributed by atoms with van der Waals surface area (Å²) in [7, 11) is 0. The number of rotatable bonds is 3. The summed E-state index contributed by atoms with van der Waals surface area (Å²) in [6.07, 6.45) is -2.36. The summed E-state index contributed by atoms with van der Waals surface area (Å²) in [5, 5.41) is 5.67. The van der Waals surface area contributed by atoms with E-state index >= 15 is 0 Å². The first-order chi connectivity index (χ1) is 11.3. The number of alkyl halides is 3. The van der Waals surface area contributed by atoms with E-state index in [9.17, 15) is 18.0 Å². The van der Waals surface area contributed by atoms with Crippen LogP contribution in [0.1, 0.15) is 36.2 Å². The summed E-state index contributed by atoms with van der Waals surface area (Å²) < 4.78 is 38.1. The lowest BCUT2D eigenvalue weighted by molar-refractivity contribution is -0.141. The molecule has 2 aromatic rings. The zero-order valence-electron chi connectivity index (χ0n) is 12.8. The molecule has 3 rings (SSSR count). The van der Waals surface area contributed by atoms with Gasteiger partial charge in [-0.15, -0.1) is 0 Å². The van der Waals surface area contributed by atoms with Crippen LogP contribution in [0.2, 0.25) is 0 Å². The van der Waals surface area contributed by atoms with Crippen LogP contribution in [0.3, 0.4) is 0 Å². The van der Waals surface area contributed by atoms with Gasteiger partial charge in [0.05, 0.1) is 6.04 Å². The van der Waals surface area contributed by atoms with Gasteiger partial charge in [-0.05, 0) is 36.6 Å². The van der Waals surface area contributed by atoms with E-state index in [4.69, 9.17) is 0 Å². The summed E-state index contributed by atoms with van der Waals surface area (Å²) in [6.45, 7) is 1.81. The Labute approximate surface area is 136 Å². The third-order valence-electron chi connectivity index (χ3n) is 3.82. The average molecular weight is 336 g/mol. The molecule has 2 N–H and O–H groups in total. The van der Waals surface area contributed by atoms with E-state index in [2.05, 4.69) is 20.6 Å². The van der Waals surface area contributed by atoms with Crippen LogP contribution in [0.4, 0.5) is 24.8 Å². The standard InChI is InChI=1S/C16H15F3N4O/c1-9(21-15-20-7-6-13(23-15)16(17,18)19)10-2-4-12-11(8-10)3-5-14(24)22-12/h2,4,6-9H,3,5H2,1H3,(H,22,24)(H,20,21,23). The number of amides is 1. The fourth-order valence-electron chi connectivity index (χ4n) is 2.54. The van der Waals surface area contributed by atoms with Crippen molar-refractivity contribution in [2.75, 3.05) is 10.6 Å². The smallest absolute Gasteiger partial charge is 0.348 e. The third-order valence-corrected chi connectivity index (χ3v) is 3.82. The van der Waals surface area contributed by atoms with Crippen molar-refractivity contribution in [1.82, 2.24) is 9.97 Å². The molecule has 1 atom stereocenters. The van der Waals surface area contributed by atoms with Crippen LogP contribution in [0.15, 0.2) is 30.5 Å². The van der Waals surface area contributed by atoms with Crippen molar-refractivity contribution < 1.29 is 18.0 Å².